The number of hydrogen-bond donors (Lipinski definition) is 2. The topological polar surface area (TPSA) is 62.2 Å². The maximum absolute atomic E-state index is 13.6. The molecule has 0 saturated heterocycles. The number of carboxylic acid groups (broad SMARTS) is 1. The van der Waals surface area contributed by atoms with Crippen molar-refractivity contribution in [1.82, 2.24) is 4.98 Å². The van der Waals surface area contributed by atoms with Crippen molar-refractivity contribution in [3.63, 3.8) is 0 Å². The third kappa shape index (κ3) is 3.00. The Morgan fingerprint density at radius 3 is 2.79 bits per heavy atom. The third-order valence-electron chi connectivity index (χ3n) is 2.47. The number of aryl methyl sites for hydroxylation is 1. The summed E-state index contributed by atoms with van der Waals surface area (Å²) in [6, 6.07) is 5.92. The number of carboxylic acids is 1. The van der Waals surface area contributed by atoms with Gasteiger partial charge in [-0.15, -0.1) is 0 Å². The molecule has 0 aliphatic carbocycles. The van der Waals surface area contributed by atoms with E-state index in [1.165, 1.54) is 18.3 Å². The highest BCUT2D eigenvalue weighted by atomic mass is 35.5. The lowest BCUT2D eigenvalue weighted by Crippen LogP contribution is -2.02. The normalized spacial score (nSPS) is 10.3. The van der Waals surface area contributed by atoms with Crippen molar-refractivity contribution >= 4 is 29.1 Å². The van der Waals surface area contributed by atoms with Gasteiger partial charge < -0.3 is 10.4 Å². The molecule has 4 nitrogen and oxygen atoms in total. The molecule has 0 amide bonds. The first-order valence-corrected chi connectivity index (χ1v) is 5.77. The van der Waals surface area contributed by atoms with Crippen LogP contribution in [-0.4, -0.2) is 16.1 Å². The Balaban J connectivity index is 2.33. The van der Waals surface area contributed by atoms with Crippen LogP contribution in [0, 0.1) is 12.7 Å². The Morgan fingerprint density at radius 2 is 2.16 bits per heavy atom. The van der Waals surface area contributed by atoms with Crippen molar-refractivity contribution in [2.45, 2.75) is 6.92 Å². The van der Waals surface area contributed by atoms with Gasteiger partial charge in [-0.25, -0.2) is 14.2 Å². The van der Waals surface area contributed by atoms with E-state index in [4.69, 9.17) is 16.7 Å². The molecule has 0 unspecified atom stereocenters. The minimum absolute atomic E-state index is 0.0300. The maximum atomic E-state index is 13.6. The molecule has 1 aromatic heterocycles. The maximum Gasteiger partial charge on any atom is 0.337 e. The first-order chi connectivity index (χ1) is 8.97. The summed E-state index contributed by atoms with van der Waals surface area (Å²) in [5.41, 5.74) is 0.918. The molecule has 6 heteroatoms. The number of carbonyl (C=O) groups is 1. The van der Waals surface area contributed by atoms with Crippen LogP contribution in [0.2, 0.25) is 5.02 Å². The van der Waals surface area contributed by atoms with Gasteiger partial charge in [0.1, 0.15) is 11.6 Å². The Labute approximate surface area is 113 Å². The number of benzene rings is 1. The summed E-state index contributed by atoms with van der Waals surface area (Å²) in [5.74, 6) is -1.39. The molecule has 98 valence electrons. The number of anilines is 2. The highest BCUT2D eigenvalue weighted by Crippen LogP contribution is 2.23. The molecule has 0 atom stereocenters. The molecule has 0 spiro atoms. The van der Waals surface area contributed by atoms with Crippen molar-refractivity contribution in [2.75, 3.05) is 5.32 Å². The zero-order valence-corrected chi connectivity index (χ0v) is 10.7. The Hall–Kier alpha value is -2.14. The lowest BCUT2D eigenvalue weighted by Gasteiger charge is -2.08. The molecule has 2 N–H and O–H groups in total. The van der Waals surface area contributed by atoms with Crippen LogP contribution < -0.4 is 5.32 Å². The molecule has 0 bridgehead atoms. The number of aromatic nitrogens is 1. The van der Waals surface area contributed by atoms with Crippen LogP contribution in [0.4, 0.5) is 15.9 Å². The third-order valence-corrected chi connectivity index (χ3v) is 2.77. The molecule has 2 rings (SSSR count). The number of aromatic carboxylic acids is 1. The quantitative estimate of drug-likeness (QED) is 0.901. The van der Waals surface area contributed by atoms with Gasteiger partial charge in [-0.3, -0.25) is 0 Å². The SMILES string of the molecule is Cc1ccc(Nc2cc(C(=O)O)c(Cl)cn2)c(F)c1. The Morgan fingerprint density at radius 1 is 1.42 bits per heavy atom. The van der Waals surface area contributed by atoms with Crippen LogP contribution in [0.15, 0.2) is 30.5 Å². The molecule has 0 fully saturated rings. The Bertz CT molecular complexity index is 647. The van der Waals surface area contributed by atoms with E-state index in [1.807, 2.05) is 0 Å². The zero-order valence-electron chi connectivity index (χ0n) is 9.95. The summed E-state index contributed by atoms with van der Waals surface area (Å²) < 4.78 is 13.6. The van der Waals surface area contributed by atoms with E-state index >= 15 is 0 Å². The van der Waals surface area contributed by atoms with E-state index < -0.39 is 11.8 Å². The van der Waals surface area contributed by atoms with E-state index in [2.05, 4.69) is 10.3 Å². The predicted molar refractivity (Wildman–Crippen MR) is 70.6 cm³/mol. The average molecular weight is 281 g/mol. The summed E-state index contributed by atoms with van der Waals surface area (Å²) in [6.45, 7) is 1.77. The van der Waals surface area contributed by atoms with Crippen molar-refractivity contribution in [1.29, 1.82) is 0 Å². The lowest BCUT2D eigenvalue weighted by molar-refractivity contribution is 0.0697. The van der Waals surface area contributed by atoms with Crippen LogP contribution in [0.5, 0.6) is 0 Å². The smallest absolute Gasteiger partial charge is 0.337 e. The van der Waals surface area contributed by atoms with E-state index in [0.29, 0.717) is 0 Å². The van der Waals surface area contributed by atoms with Gasteiger partial charge in [0.25, 0.3) is 0 Å². The first kappa shape index (κ1) is 13.3. The molecule has 19 heavy (non-hydrogen) atoms. The second-order valence-corrected chi connectivity index (χ2v) is 4.37. The molecule has 1 heterocycles. The van der Waals surface area contributed by atoms with Crippen LogP contribution in [0.1, 0.15) is 15.9 Å². The van der Waals surface area contributed by atoms with Gasteiger partial charge >= 0.3 is 5.97 Å². The van der Waals surface area contributed by atoms with Gasteiger partial charge in [0, 0.05) is 6.20 Å². The van der Waals surface area contributed by atoms with E-state index in [0.717, 1.165) is 5.56 Å². The fourth-order valence-electron chi connectivity index (χ4n) is 1.53. The molecule has 0 aliphatic rings. The summed E-state index contributed by atoms with van der Waals surface area (Å²) >= 11 is 5.70. The highest BCUT2D eigenvalue weighted by molar-refractivity contribution is 6.33. The van der Waals surface area contributed by atoms with Gasteiger partial charge in [0.05, 0.1) is 16.3 Å². The number of nitrogens with one attached hydrogen (secondary N) is 1. The second-order valence-electron chi connectivity index (χ2n) is 3.96. The number of halogens is 2. The fourth-order valence-corrected chi connectivity index (χ4v) is 1.71. The predicted octanol–water partition coefficient (Wildman–Crippen LogP) is 3.62. The van der Waals surface area contributed by atoms with Gasteiger partial charge in [-0.05, 0) is 30.7 Å². The van der Waals surface area contributed by atoms with E-state index in [-0.39, 0.29) is 22.1 Å². The van der Waals surface area contributed by atoms with Gasteiger partial charge in [0.2, 0.25) is 0 Å². The van der Waals surface area contributed by atoms with E-state index in [1.54, 1.807) is 19.1 Å². The molecule has 1 aromatic carbocycles. The van der Waals surface area contributed by atoms with Crippen LogP contribution >= 0.6 is 11.6 Å². The largest absolute Gasteiger partial charge is 0.478 e. The van der Waals surface area contributed by atoms with Crippen LogP contribution in [0.3, 0.4) is 0 Å². The van der Waals surface area contributed by atoms with Gasteiger partial charge in [0.15, 0.2) is 0 Å². The van der Waals surface area contributed by atoms with Crippen molar-refractivity contribution < 1.29 is 14.3 Å². The summed E-state index contributed by atoms with van der Waals surface area (Å²) in [4.78, 5) is 14.8. The first-order valence-electron chi connectivity index (χ1n) is 5.39. The number of pyridine rings is 1. The minimum atomic E-state index is -1.17. The molecule has 0 saturated carbocycles. The fraction of sp³-hybridized carbons (Fsp3) is 0.0769. The molecular weight excluding hydrogens is 271 g/mol. The number of hydrogen-bond acceptors (Lipinski definition) is 3. The standard InChI is InChI=1S/C13H10ClFN2O2/c1-7-2-3-11(10(15)4-7)17-12-5-8(13(18)19)9(14)6-16-12/h2-6H,1H3,(H,16,17)(H,18,19). The molecule has 0 radical (unpaired) electrons. The molecule has 2 aromatic rings. The van der Waals surface area contributed by atoms with Crippen molar-refractivity contribution in [2.24, 2.45) is 0 Å². The van der Waals surface area contributed by atoms with Crippen molar-refractivity contribution in [3.05, 3.63) is 52.4 Å². The minimum Gasteiger partial charge on any atom is -0.478 e. The Kier molecular flexibility index (Phi) is 3.66. The molecule has 0 aliphatic heterocycles. The second kappa shape index (κ2) is 5.24. The van der Waals surface area contributed by atoms with Gasteiger partial charge in [-0.2, -0.15) is 0 Å². The summed E-state index contributed by atoms with van der Waals surface area (Å²) in [7, 11) is 0. The summed E-state index contributed by atoms with van der Waals surface area (Å²) in [6.07, 6.45) is 1.21. The van der Waals surface area contributed by atoms with Gasteiger partial charge in [-0.1, -0.05) is 17.7 Å². The molecular formula is C13H10ClFN2O2. The summed E-state index contributed by atoms with van der Waals surface area (Å²) in [5, 5.41) is 11.7. The monoisotopic (exact) mass is 280 g/mol. The zero-order chi connectivity index (χ0) is 14.0. The number of rotatable bonds is 3. The number of nitrogens with zero attached hydrogens (tertiary/aromatic N) is 1. The highest BCUT2D eigenvalue weighted by Gasteiger charge is 2.11. The van der Waals surface area contributed by atoms with Crippen LogP contribution in [-0.2, 0) is 0 Å². The van der Waals surface area contributed by atoms with E-state index in [9.17, 15) is 9.18 Å². The van der Waals surface area contributed by atoms with Crippen LogP contribution in [0.25, 0.3) is 0 Å². The van der Waals surface area contributed by atoms with Crippen molar-refractivity contribution in [3.8, 4) is 0 Å². The lowest BCUT2D eigenvalue weighted by atomic mass is 10.2. The average Bonchev–Trinajstić information content (AvgIpc) is 2.34.